The molecule has 0 saturated heterocycles. The van der Waals surface area contributed by atoms with Gasteiger partial charge in [0.25, 0.3) is 6.01 Å². The van der Waals surface area contributed by atoms with E-state index in [0.717, 1.165) is 6.07 Å². The Bertz CT molecular complexity index is 822. The Hall–Kier alpha value is -2.49. The van der Waals surface area contributed by atoms with E-state index in [1.54, 1.807) is 18.2 Å². The minimum atomic E-state index is -1.01. The van der Waals surface area contributed by atoms with Crippen LogP contribution in [-0.2, 0) is 0 Å². The fourth-order valence-corrected chi connectivity index (χ4v) is 2.00. The summed E-state index contributed by atoms with van der Waals surface area (Å²) in [7, 11) is 0. The van der Waals surface area contributed by atoms with E-state index in [4.69, 9.17) is 4.42 Å². The average molecular weight is 258 g/mol. The van der Waals surface area contributed by atoms with Crippen LogP contribution in [0.3, 0.4) is 0 Å². The van der Waals surface area contributed by atoms with E-state index in [9.17, 15) is 13.6 Å². The van der Waals surface area contributed by atoms with E-state index >= 15 is 0 Å². The number of hydrogen-bond donors (Lipinski definition) is 0. The Morgan fingerprint density at radius 1 is 0.947 bits per heavy atom. The highest BCUT2D eigenvalue weighted by Gasteiger charge is 2.16. The lowest BCUT2D eigenvalue weighted by Crippen LogP contribution is -2.08. The first-order valence-electron chi connectivity index (χ1n) is 5.64. The van der Waals surface area contributed by atoms with Crippen LogP contribution in [-0.4, -0.2) is 0 Å². The number of fused-ring (bicyclic) bond motifs is 1. The highest BCUT2D eigenvalue weighted by Crippen LogP contribution is 2.23. The highest BCUT2D eigenvalue weighted by atomic mass is 19.1. The van der Waals surface area contributed by atoms with E-state index in [2.05, 4.69) is 0 Å². The van der Waals surface area contributed by atoms with Gasteiger partial charge in [0, 0.05) is 0 Å². The zero-order valence-electron chi connectivity index (χ0n) is 9.69. The van der Waals surface area contributed by atoms with Gasteiger partial charge >= 0.3 is 0 Å². The van der Waals surface area contributed by atoms with Crippen molar-refractivity contribution in [2.75, 3.05) is 0 Å². The van der Waals surface area contributed by atoms with E-state index < -0.39 is 17.3 Å². The van der Waals surface area contributed by atoms with Gasteiger partial charge in [-0.3, -0.25) is 4.79 Å². The molecule has 0 radical (unpaired) electrons. The number of halogens is 2. The van der Waals surface area contributed by atoms with Crippen molar-refractivity contribution in [2.24, 2.45) is 0 Å². The second-order valence-corrected chi connectivity index (χ2v) is 4.09. The Balaban J connectivity index is 2.39. The van der Waals surface area contributed by atoms with Gasteiger partial charge in [-0.1, -0.05) is 24.3 Å². The van der Waals surface area contributed by atoms with Crippen LogP contribution in [0.5, 0.6) is 0 Å². The van der Waals surface area contributed by atoms with Crippen LogP contribution >= 0.6 is 0 Å². The van der Waals surface area contributed by atoms with Crippen LogP contribution < -0.4 is 5.43 Å². The molecule has 0 N–H and O–H groups in total. The second kappa shape index (κ2) is 4.31. The molecule has 0 atom stereocenters. The van der Waals surface area contributed by atoms with Gasteiger partial charge < -0.3 is 4.42 Å². The fourth-order valence-electron chi connectivity index (χ4n) is 2.00. The molecule has 1 aromatic heterocycles. The molecule has 94 valence electrons. The van der Waals surface area contributed by atoms with Crippen molar-refractivity contribution in [3.05, 3.63) is 70.6 Å². The van der Waals surface area contributed by atoms with Crippen molar-refractivity contribution in [3.8, 4) is 11.1 Å². The summed E-state index contributed by atoms with van der Waals surface area (Å²) in [6, 6.07) is 10.6. The van der Waals surface area contributed by atoms with Crippen LogP contribution in [0.4, 0.5) is 8.78 Å². The highest BCUT2D eigenvalue weighted by molar-refractivity contribution is 5.81. The van der Waals surface area contributed by atoms with Gasteiger partial charge in [-0.05, 0) is 29.8 Å². The molecule has 0 bridgehead atoms. The summed E-state index contributed by atoms with van der Waals surface area (Å²) < 4.78 is 32.1. The normalized spacial score (nSPS) is 10.8. The molecule has 4 heteroatoms. The molecule has 3 aromatic rings. The SMILES string of the molecule is O=c1c(-c2cccc(F)c2)c(F)oc2ccccc12. The quantitative estimate of drug-likeness (QED) is 0.665. The van der Waals surface area contributed by atoms with Crippen LogP contribution in [0, 0.1) is 11.8 Å². The molecule has 0 aliphatic heterocycles. The third-order valence-corrected chi connectivity index (χ3v) is 2.87. The summed E-state index contributed by atoms with van der Waals surface area (Å²) in [5.74, 6) is -0.538. The largest absolute Gasteiger partial charge is 0.430 e. The average Bonchev–Trinajstić information content (AvgIpc) is 2.39. The second-order valence-electron chi connectivity index (χ2n) is 4.09. The van der Waals surface area contributed by atoms with Gasteiger partial charge in [-0.15, -0.1) is 0 Å². The van der Waals surface area contributed by atoms with Crippen LogP contribution in [0.1, 0.15) is 0 Å². The van der Waals surface area contributed by atoms with Gasteiger partial charge in [-0.25, -0.2) is 4.39 Å². The maximum atomic E-state index is 13.9. The minimum absolute atomic E-state index is 0.164. The van der Waals surface area contributed by atoms with Gasteiger partial charge in [0.1, 0.15) is 17.0 Å². The van der Waals surface area contributed by atoms with E-state index in [-0.39, 0.29) is 22.1 Å². The van der Waals surface area contributed by atoms with Crippen LogP contribution in [0.2, 0.25) is 0 Å². The Kier molecular flexibility index (Phi) is 2.63. The Morgan fingerprint density at radius 3 is 2.53 bits per heavy atom. The molecule has 1 heterocycles. The number of hydrogen-bond acceptors (Lipinski definition) is 2. The molecule has 0 amide bonds. The van der Waals surface area contributed by atoms with Crippen molar-refractivity contribution < 1.29 is 13.2 Å². The predicted octanol–water partition coefficient (Wildman–Crippen LogP) is 3.74. The molecular weight excluding hydrogens is 250 g/mol. The van der Waals surface area contributed by atoms with E-state index in [0.29, 0.717) is 0 Å². The molecule has 0 spiro atoms. The minimum Gasteiger partial charge on any atom is -0.430 e. The molecule has 19 heavy (non-hydrogen) atoms. The summed E-state index contributed by atoms with van der Waals surface area (Å²) >= 11 is 0. The summed E-state index contributed by atoms with van der Waals surface area (Å²) in [6.07, 6.45) is 0. The molecule has 2 aromatic carbocycles. The molecule has 0 fully saturated rings. The smallest absolute Gasteiger partial charge is 0.290 e. The van der Waals surface area contributed by atoms with Gasteiger partial charge in [0.2, 0.25) is 5.43 Å². The van der Waals surface area contributed by atoms with Crippen molar-refractivity contribution in [1.29, 1.82) is 0 Å². The lowest BCUT2D eigenvalue weighted by atomic mass is 10.1. The predicted molar refractivity (Wildman–Crippen MR) is 67.8 cm³/mol. The Morgan fingerprint density at radius 2 is 1.74 bits per heavy atom. The van der Waals surface area contributed by atoms with Crippen molar-refractivity contribution in [2.45, 2.75) is 0 Å². The molecule has 3 rings (SSSR count). The molecule has 2 nitrogen and oxygen atoms in total. The van der Waals surface area contributed by atoms with Crippen LogP contribution in [0.15, 0.2) is 57.7 Å². The van der Waals surface area contributed by atoms with Gasteiger partial charge in [0.05, 0.1) is 5.39 Å². The summed E-state index contributed by atoms with van der Waals surface area (Å²) in [5.41, 5.74) is -0.426. The van der Waals surface area contributed by atoms with Crippen molar-refractivity contribution >= 4 is 11.0 Å². The van der Waals surface area contributed by atoms with E-state index in [1.807, 2.05) is 0 Å². The number of benzene rings is 2. The zero-order valence-corrected chi connectivity index (χ0v) is 9.69. The monoisotopic (exact) mass is 258 g/mol. The molecule has 0 saturated carbocycles. The van der Waals surface area contributed by atoms with Gasteiger partial charge in [-0.2, -0.15) is 4.39 Å². The third-order valence-electron chi connectivity index (χ3n) is 2.87. The first kappa shape index (κ1) is 11.6. The molecule has 0 aliphatic rings. The maximum Gasteiger partial charge on any atom is 0.290 e. The number of rotatable bonds is 1. The Labute approximate surface area is 106 Å². The van der Waals surface area contributed by atoms with E-state index in [1.165, 1.54) is 24.3 Å². The topological polar surface area (TPSA) is 30.2 Å². The summed E-state index contributed by atoms with van der Waals surface area (Å²) in [5, 5.41) is 0.267. The van der Waals surface area contributed by atoms with Gasteiger partial charge in [0.15, 0.2) is 0 Å². The van der Waals surface area contributed by atoms with Crippen LogP contribution in [0.25, 0.3) is 22.1 Å². The lowest BCUT2D eigenvalue weighted by Gasteiger charge is -2.04. The molecule has 0 aliphatic carbocycles. The summed E-state index contributed by atoms with van der Waals surface area (Å²) in [6.45, 7) is 0. The lowest BCUT2D eigenvalue weighted by molar-refractivity contribution is 0.373. The molecule has 0 unspecified atom stereocenters. The summed E-state index contributed by atoms with van der Waals surface area (Å²) in [4.78, 5) is 12.2. The zero-order chi connectivity index (χ0) is 13.4. The first-order valence-corrected chi connectivity index (χ1v) is 5.64. The third kappa shape index (κ3) is 1.91. The standard InChI is InChI=1S/C15H8F2O2/c16-10-5-3-4-9(8-10)13-14(18)11-6-1-2-7-12(11)19-15(13)17/h1-8H. The fraction of sp³-hybridized carbons (Fsp3) is 0. The number of para-hydroxylation sites is 1. The maximum absolute atomic E-state index is 13.9. The molecular formula is C15H8F2O2. The first-order chi connectivity index (χ1) is 9.16. The van der Waals surface area contributed by atoms with Crippen molar-refractivity contribution in [1.82, 2.24) is 0 Å². The van der Waals surface area contributed by atoms with Crippen molar-refractivity contribution in [3.63, 3.8) is 0 Å².